The van der Waals surface area contributed by atoms with Crippen LogP contribution in [0.1, 0.15) is 11.1 Å². The number of hydrogen-bond acceptors (Lipinski definition) is 5. The molecule has 0 spiro atoms. The highest BCUT2D eigenvalue weighted by Gasteiger charge is 2.34. The molecule has 0 bridgehead atoms. The van der Waals surface area contributed by atoms with Gasteiger partial charge in [-0.25, -0.2) is 14.9 Å². The minimum absolute atomic E-state index is 0.224. The highest BCUT2D eigenvalue weighted by molar-refractivity contribution is 7.22. The summed E-state index contributed by atoms with van der Waals surface area (Å²) in [6.07, 6.45) is 3.45. The number of fused-ring (bicyclic) bond motifs is 1. The third-order valence-corrected chi connectivity index (χ3v) is 5.66. The van der Waals surface area contributed by atoms with Crippen LogP contribution in [-0.2, 0) is 4.79 Å². The fraction of sp³-hybridized carbons (Fsp3) is 0. The molecule has 1 aliphatic heterocycles. The third-order valence-electron chi connectivity index (χ3n) is 4.41. The Kier molecular flexibility index (Phi) is 4.42. The molecular weight excluding hydrogens is 404 g/mol. The summed E-state index contributed by atoms with van der Waals surface area (Å²) in [6.45, 7) is 0. The van der Waals surface area contributed by atoms with Crippen molar-refractivity contribution in [3.8, 4) is 0 Å². The first-order valence-corrected chi connectivity index (χ1v) is 10.1. The van der Waals surface area contributed by atoms with Gasteiger partial charge in [0, 0.05) is 16.8 Å². The second kappa shape index (κ2) is 7.24. The van der Waals surface area contributed by atoms with Crippen molar-refractivity contribution in [1.82, 2.24) is 9.97 Å². The number of nitrogens with zero attached hydrogens (tertiary/aromatic N) is 4. The average molecular weight is 417 g/mol. The first kappa shape index (κ1) is 17.7. The minimum Gasteiger partial charge on any atom is -0.266 e. The van der Waals surface area contributed by atoms with E-state index in [4.69, 9.17) is 11.6 Å². The normalized spacial score (nSPS) is 15.3. The van der Waals surface area contributed by atoms with Crippen molar-refractivity contribution < 1.29 is 4.79 Å². The zero-order chi connectivity index (χ0) is 19.8. The lowest BCUT2D eigenvalue weighted by Crippen LogP contribution is -2.32. The molecule has 0 saturated carbocycles. The van der Waals surface area contributed by atoms with Crippen molar-refractivity contribution in [1.29, 1.82) is 0 Å². The molecule has 2 aromatic heterocycles. The van der Waals surface area contributed by atoms with E-state index in [1.807, 2.05) is 54.6 Å². The molecule has 0 radical (unpaired) electrons. The van der Waals surface area contributed by atoms with Crippen LogP contribution in [0.15, 0.2) is 83.6 Å². The molecule has 0 aliphatic carbocycles. The van der Waals surface area contributed by atoms with Crippen LogP contribution in [-0.4, -0.2) is 21.7 Å². The topological polar surface area (TPSA) is 58.5 Å². The van der Waals surface area contributed by atoms with Crippen LogP contribution in [0, 0.1) is 0 Å². The number of amidine groups is 1. The van der Waals surface area contributed by atoms with E-state index in [9.17, 15) is 4.79 Å². The van der Waals surface area contributed by atoms with Crippen molar-refractivity contribution in [3.05, 3.63) is 94.8 Å². The first-order valence-electron chi connectivity index (χ1n) is 8.86. The zero-order valence-corrected chi connectivity index (χ0v) is 16.6. The molecular formula is C22H13ClN4OS. The number of rotatable bonds is 3. The Balaban J connectivity index is 1.63. The Bertz CT molecular complexity index is 1250. The molecule has 4 aromatic rings. The van der Waals surface area contributed by atoms with Crippen LogP contribution in [0.25, 0.3) is 16.4 Å². The molecule has 2 aromatic carbocycles. The van der Waals surface area contributed by atoms with Crippen LogP contribution >= 0.6 is 22.9 Å². The molecule has 3 heterocycles. The quantitative estimate of drug-likeness (QED) is 0.432. The van der Waals surface area contributed by atoms with Crippen LogP contribution in [0.5, 0.6) is 0 Å². The van der Waals surface area contributed by atoms with Crippen molar-refractivity contribution in [2.75, 3.05) is 4.90 Å². The second-order valence-electron chi connectivity index (χ2n) is 6.34. The predicted molar refractivity (Wildman–Crippen MR) is 117 cm³/mol. The molecule has 7 heteroatoms. The monoisotopic (exact) mass is 416 g/mol. The molecule has 1 aliphatic rings. The summed E-state index contributed by atoms with van der Waals surface area (Å²) < 4.78 is 0.915. The summed E-state index contributed by atoms with van der Waals surface area (Å²) in [5.74, 6) is 0.327. The Labute approximate surface area is 175 Å². The summed E-state index contributed by atoms with van der Waals surface area (Å²) in [4.78, 5) is 28.4. The van der Waals surface area contributed by atoms with Gasteiger partial charge in [0.15, 0.2) is 5.65 Å². The van der Waals surface area contributed by atoms with E-state index in [1.165, 1.54) is 11.3 Å². The Morgan fingerprint density at radius 3 is 2.52 bits per heavy atom. The number of pyridine rings is 1. The highest BCUT2D eigenvalue weighted by atomic mass is 35.5. The Hall–Kier alpha value is -3.35. The van der Waals surface area contributed by atoms with E-state index in [-0.39, 0.29) is 5.91 Å². The maximum absolute atomic E-state index is 13.3. The maximum Gasteiger partial charge on any atom is 0.284 e. The van der Waals surface area contributed by atoms with E-state index in [0.29, 0.717) is 27.3 Å². The van der Waals surface area contributed by atoms with Gasteiger partial charge in [0.2, 0.25) is 5.13 Å². The highest BCUT2D eigenvalue weighted by Crippen LogP contribution is 2.33. The number of benzene rings is 2. The van der Waals surface area contributed by atoms with Crippen molar-refractivity contribution in [2.45, 2.75) is 0 Å². The number of amides is 1. The fourth-order valence-corrected chi connectivity index (χ4v) is 4.10. The summed E-state index contributed by atoms with van der Waals surface area (Å²) in [6, 6.07) is 20.7. The number of halogens is 1. The molecule has 1 amide bonds. The van der Waals surface area contributed by atoms with Gasteiger partial charge in [-0.1, -0.05) is 65.4 Å². The SMILES string of the molecule is O=C1C(=Cc2ccc(Cl)cc2)N=C(c2ccccc2)N1c1nc2ncccc2s1. The number of aliphatic imine (C=N–C) groups is 1. The zero-order valence-electron chi connectivity index (χ0n) is 15.0. The largest absolute Gasteiger partial charge is 0.284 e. The number of carbonyl (C=O) groups is 1. The van der Waals surface area contributed by atoms with Crippen molar-refractivity contribution in [3.63, 3.8) is 0 Å². The molecule has 5 rings (SSSR count). The summed E-state index contributed by atoms with van der Waals surface area (Å²) >= 11 is 7.38. The molecule has 0 fully saturated rings. The Morgan fingerprint density at radius 2 is 1.76 bits per heavy atom. The van der Waals surface area contributed by atoms with Gasteiger partial charge in [-0.05, 0) is 35.9 Å². The van der Waals surface area contributed by atoms with Crippen LogP contribution in [0.3, 0.4) is 0 Å². The number of anilines is 1. The molecule has 140 valence electrons. The van der Waals surface area contributed by atoms with Crippen molar-refractivity contribution in [2.24, 2.45) is 4.99 Å². The second-order valence-corrected chi connectivity index (χ2v) is 7.79. The van der Waals surface area contributed by atoms with E-state index in [2.05, 4.69) is 15.0 Å². The predicted octanol–water partition coefficient (Wildman–Crippen LogP) is 5.18. The number of thiazole rings is 1. The number of aromatic nitrogens is 2. The summed E-state index contributed by atoms with van der Waals surface area (Å²) in [7, 11) is 0. The van der Waals surface area contributed by atoms with Gasteiger partial charge in [-0.2, -0.15) is 4.98 Å². The van der Waals surface area contributed by atoms with Gasteiger partial charge in [-0.3, -0.25) is 4.79 Å². The molecule has 0 unspecified atom stereocenters. The van der Waals surface area contributed by atoms with E-state index < -0.39 is 0 Å². The lowest BCUT2D eigenvalue weighted by atomic mass is 10.2. The Morgan fingerprint density at radius 1 is 0.966 bits per heavy atom. The molecule has 0 N–H and O–H groups in total. The molecule has 29 heavy (non-hydrogen) atoms. The van der Waals surface area contributed by atoms with Gasteiger partial charge >= 0.3 is 0 Å². The van der Waals surface area contributed by atoms with Crippen LogP contribution in [0.2, 0.25) is 5.02 Å². The van der Waals surface area contributed by atoms with Crippen molar-refractivity contribution >= 4 is 56.2 Å². The first-order chi connectivity index (χ1) is 14.2. The fourth-order valence-electron chi connectivity index (χ4n) is 3.05. The average Bonchev–Trinajstić information content (AvgIpc) is 3.31. The van der Waals surface area contributed by atoms with Gasteiger partial charge in [0.1, 0.15) is 11.5 Å². The summed E-state index contributed by atoms with van der Waals surface area (Å²) in [5, 5.41) is 1.19. The van der Waals surface area contributed by atoms with E-state index in [0.717, 1.165) is 15.8 Å². The maximum atomic E-state index is 13.3. The van der Waals surface area contributed by atoms with Gasteiger partial charge in [0.25, 0.3) is 5.91 Å². The van der Waals surface area contributed by atoms with Gasteiger partial charge in [-0.15, -0.1) is 0 Å². The minimum atomic E-state index is -0.224. The third kappa shape index (κ3) is 3.33. The number of hydrogen-bond donors (Lipinski definition) is 0. The van der Waals surface area contributed by atoms with E-state index >= 15 is 0 Å². The molecule has 0 atom stereocenters. The van der Waals surface area contributed by atoms with Crippen LogP contribution < -0.4 is 4.90 Å². The number of carbonyl (C=O) groups excluding carboxylic acids is 1. The van der Waals surface area contributed by atoms with Gasteiger partial charge in [0.05, 0.1) is 4.70 Å². The smallest absolute Gasteiger partial charge is 0.266 e. The molecule has 5 nitrogen and oxygen atoms in total. The summed E-state index contributed by atoms with van der Waals surface area (Å²) in [5.41, 5.74) is 2.65. The van der Waals surface area contributed by atoms with Gasteiger partial charge < -0.3 is 0 Å². The van der Waals surface area contributed by atoms with Crippen LogP contribution in [0.4, 0.5) is 5.13 Å². The lowest BCUT2D eigenvalue weighted by molar-refractivity contribution is -0.113. The lowest BCUT2D eigenvalue weighted by Gasteiger charge is -2.14. The van der Waals surface area contributed by atoms with E-state index in [1.54, 1.807) is 29.3 Å². The molecule has 0 saturated heterocycles. The standard InChI is InChI=1S/C22H13ClN4OS/c23-16-10-8-14(9-11-16)13-17-21(28)27(20(25-17)15-5-2-1-3-6-15)22-26-19-18(29-22)7-4-12-24-19/h1-13H.